The van der Waals surface area contributed by atoms with Gasteiger partial charge >= 0.3 is 0 Å². The minimum Gasteiger partial charge on any atom is -0.464 e. The van der Waals surface area contributed by atoms with Crippen molar-refractivity contribution in [1.82, 2.24) is 5.32 Å². The van der Waals surface area contributed by atoms with Crippen LogP contribution in [0, 0.1) is 6.92 Å². The molecule has 0 amide bonds. The van der Waals surface area contributed by atoms with Gasteiger partial charge in [-0.3, -0.25) is 0 Å². The third kappa shape index (κ3) is 4.93. The van der Waals surface area contributed by atoms with Gasteiger partial charge in [0.2, 0.25) is 0 Å². The maximum absolute atomic E-state index is 13.1. The van der Waals surface area contributed by atoms with Crippen molar-refractivity contribution in [2.45, 2.75) is 38.3 Å². The summed E-state index contributed by atoms with van der Waals surface area (Å²) in [4.78, 5) is 0. The van der Waals surface area contributed by atoms with E-state index in [-0.39, 0.29) is 6.54 Å². The van der Waals surface area contributed by atoms with Gasteiger partial charge in [0.15, 0.2) is 0 Å². The summed E-state index contributed by atoms with van der Waals surface area (Å²) < 4.78 is 31.5. The smallest absolute Gasteiger partial charge is 0.253 e. The van der Waals surface area contributed by atoms with E-state index in [1.807, 2.05) is 30.3 Å². The van der Waals surface area contributed by atoms with Gasteiger partial charge in [-0.1, -0.05) is 30.3 Å². The lowest BCUT2D eigenvalue weighted by Gasteiger charge is -2.19. The topological polar surface area (TPSA) is 45.4 Å². The number of aryl methyl sites for hydroxylation is 2. The van der Waals surface area contributed by atoms with Gasteiger partial charge in [-0.05, 0) is 37.5 Å². The zero-order valence-electron chi connectivity index (χ0n) is 12.5. The first-order valence-electron chi connectivity index (χ1n) is 7.36. The molecule has 1 aromatic carbocycles. The van der Waals surface area contributed by atoms with Crippen LogP contribution in [0.3, 0.4) is 0 Å². The van der Waals surface area contributed by atoms with Gasteiger partial charge in [-0.2, -0.15) is 0 Å². The van der Waals surface area contributed by atoms with Crippen molar-refractivity contribution < 1.29 is 18.3 Å². The van der Waals surface area contributed by atoms with Crippen molar-refractivity contribution in [2.24, 2.45) is 0 Å². The summed E-state index contributed by atoms with van der Waals surface area (Å²) >= 11 is 0. The third-order valence-corrected chi connectivity index (χ3v) is 3.55. The Hall–Kier alpha value is -1.72. The summed E-state index contributed by atoms with van der Waals surface area (Å²) in [6.07, 6.45) is -2.52. The molecule has 0 spiro atoms. The number of rotatable bonds is 8. The van der Waals surface area contributed by atoms with Gasteiger partial charge in [-0.25, -0.2) is 8.78 Å². The van der Waals surface area contributed by atoms with Crippen LogP contribution in [0.15, 0.2) is 46.9 Å². The maximum atomic E-state index is 13.1. The van der Waals surface area contributed by atoms with Crippen molar-refractivity contribution >= 4 is 0 Å². The molecule has 2 N–H and O–H groups in total. The van der Waals surface area contributed by atoms with Crippen LogP contribution in [0.25, 0.3) is 0 Å². The average Bonchev–Trinajstić information content (AvgIpc) is 2.94. The molecule has 2 unspecified atom stereocenters. The second kappa shape index (κ2) is 8.06. The molecule has 3 nitrogen and oxygen atoms in total. The fourth-order valence-electron chi connectivity index (χ4n) is 2.28. The van der Waals surface area contributed by atoms with Gasteiger partial charge in [0.05, 0.1) is 6.04 Å². The number of aliphatic hydroxyl groups is 1. The lowest BCUT2D eigenvalue weighted by atomic mass is 10.1. The minimum atomic E-state index is -2.48. The Morgan fingerprint density at radius 2 is 1.86 bits per heavy atom. The Balaban J connectivity index is 1.83. The van der Waals surface area contributed by atoms with Crippen molar-refractivity contribution in [2.75, 3.05) is 6.54 Å². The van der Waals surface area contributed by atoms with Crippen LogP contribution in [0.1, 0.15) is 29.6 Å². The van der Waals surface area contributed by atoms with E-state index in [1.165, 1.54) is 0 Å². The molecule has 1 heterocycles. The van der Waals surface area contributed by atoms with Gasteiger partial charge in [0.1, 0.15) is 17.6 Å². The van der Waals surface area contributed by atoms with E-state index < -0.39 is 18.6 Å². The summed E-state index contributed by atoms with van der Waals surface area (Å²) in [6, 6.07) is 12.0. The van der Waals surface area contributed by atoms with E-state index in [0.29, 0.717) is 24.4 Å². The monoisotopic (exact) mass is 309 g/mol. The molecule has 0 fully saturated rings. The number of nitrogens with one attached hydrogen (secondary N) is 1. The third-order valence-electron chi connectivity index (χ3n) is 3.55. The van der Waals surface area contributed by atoms with E-state index in [0.717, 1.165) is 5.56 Å². The van der Waals surface area contributed by atoms with Crippen molar-refractivity contribution in [3.05, 3.63) is 59.5 Å². The molecule has 0 radical (unpaired) electrons. The molecule has 5 heteroatoms. The Morgan fingerprint density at radius 3 is 2.45 bits per heavy atom. The van der Waals surface area contributed by atoms with Gasteiger partial charge < -0.3 is 14.8 Å². The van der Waals surface area contributed by atoms with Crippen LogP contribution in [0.4, 0.5) is 8.78 Å². The van der Waals surface area contributed by atoms with Gasteiger partial charge in [0.25, 0.3) is 6.43 Å². The molecule has 0 saturated carbocycles. The second-order valence-electron chi connectivity index (χ2n) is 5.34. The predicted molar refractivity (Wildman–Crippen MR) is 81.0 cm³/mol. The molecule has 1 aromatic heterocycles. The van der Waals surface area contributed by atoms with E-state index in [1.54, 1.807) is 19.1 Å². The highest BCUT2D eigenvalue weighted by atomic mass is 19.3. The number of benzene rings is 1. The van der Waals surface area contributed by atoms with Crippen LogP contribution >= 0.6 is 0 Å². The second-order valence-corrected chi connectivity index (χ2v) is 5.34. The summed E-state index contributed by atoms with van der Waals surface area (Å²) in [5.41, 5.74) is 1.03. The van der Waals surface area contributed by atoms with Crippen LogP contribution in [-0.4, -0.2) is 24.1 Å². The zero-order chi connectivity index (χ0) is 15.9. The number of alkyl halides is 2. The molecule has 120 valence electrons. The highest BCUT2D eigenvalue weighted by molar-refractivity contribution is 5.15. The summed E-state index contributed by atoms with van der Waals surface area (Å²) in [5.74, 6) is 1.07. The minimum absolute atomic E-state index is 0.0384. The first-order valence-corrected chi connectivity index (χ1v) is 7.36. The van der Waals surface area contributed by atoms with Crippen molar-refractivity contribution in [1.29, 1.82) is 0 Å². The molecule has 0 aliphatic heterocycles. The van der Waals surface area contributed by atoms with Crippen molar-refractivity contribution in [3.8, 4) is 0 Å². The quantitative estimate of drug-likeness (QED) is 0.785. The number of furan rings is 1. The standard InChI is InChI=1S/C17H21F2NO2/c1-12-7-10-16(22-12)15(21)11-20-14(17(18)19)9-8-13-5-3-2-4-6-13/h2-7,10,14-15,17,20-21H,8-9,11H2,1H3. The molecule has 2 aromatic rings. The largest absolute Gasteiger partial charge is 0.464 e. The molecule has 0 aliphatic carbocycles. The highest BCUT2D eigenvalue weighted by Gasteiger charge is 2.21. The molecule has 22 heavy (non-hydrogen) atoms. The summed E-state index contributed by atoms with van der Waals surface area (Å²) in [7, 11) is 0. The Morgan fingerprint density at radius 1 is 1.14 bits per heavy atom. The Kier molecular flexibility index (Phi) is 6.10. The fraction of sp³-hybridized carbons (Fsp3) is 0.412. The van der Waals surface area contributed by atoms with Gasteiger partial charge in [-0.15, -0.1) is 0 Å². The van der Waals surface area contributed by atoms with E-state index in [9.17, 15) is 13.9 Å². The average molecular weight is 309 g/mol. The van der Waals surface area contributed by atoms with E-state index in [2.05, 4.69) is 5.32 Å². The number of hydrogen-bond acceptors (Lipinski definition) is 3. The predicted octanol–water partition coefficient (Wildman–Crippen LogP) is 3.48. The Bertz CT molecular complexity index is 557. The zero-order valence-corrected chi connectivity index (χ0v) is 12.5. The van der Waals surface area contributed by atoms with Crippen LogP contribution < -0.4 is 5.32 Å². The first-order chi connectivity index (χ1) is 10.6. The maximum Gasteiger partial charge on any atom is 0.253 e. The molecular formula is C17H21F2NO2. The molecular weight excluding hydrogens is 288 g/mol. The lowest BCUT2D eigenvalue weighted by molar-refractivity contribution is 0.0779. The highest BCUT2D eigenvalue weighted by Crippen LogP contribution is 2.17. The van der Waals surface area contributed by atoms with E-state index >= 15 is 0 Å². The van der Waals surface area contributed by atoms with Crippen LogP contribution in [0.5, 0.6) is 0 Å². The molecule has 2 atom stereocenters. The number of hydrogen-bond donors (Lipinski definition) is 2. The lowest BCUT2D eigenvalue weighted by Crippen LogP contribution is -2.38. The van der Waals surface area contributed by atoms with Crippen LogP contribution in [0.2, 0.25) is 0 Å². The number of halogens is 2. The molecule has 2 rings (SSSR count). The van der Waals surface area contributed by atoms with E-state index in [4.69, 9.17) is 4.42 Å². The SMILES string of the molecule is Cc1ccc(C(O)CNC(CCc2ccccc2)C(F)F)o1. The molecule has 0 bridgehead atoms. The van der Waals surface area contributed by atoms with Gasteiger partial charge in [0, 0.05) is 6.54 Å². The number of aliphatic hydroxyl groups excluding tert-OH is 1. The molecule has 0 aliphatic rings. The normalized spacial score (nSPS) is 14.2. The fourth-order valence-corrected chi connectivity index (χ4v) is 2.28. The Labute approximate surface area is 129 Å². The summed E-state index contributed by atoms with van der Waals surface area (Å²) in [6.45, 7) is 1.81. The first kappa shape index (κ1) is 16.6. The van der Waals surface area contributed by atoms with Crippen LogP contribution in [-0.2, 0) is 6.42 Å². The summed E-state index contributed by atoms with van der Waals surface area (Å²) in [5, 5.41) is 12.7. The van der Waals surface area contributed by atoms with Crippen molar-refractivity contribution in [3.63, 3.8) is 0 Å². The molecule has 0 saturated heterocycles.